The van der Waals surface area contributed by atoms with E-state index in [4.69, 9.17) is 0 Å². The molecule has 1 aliphatic heterocycles. The number of nitrogens with zero attached hydrogens (tertiary/aromatic N) is 2. The van der Waals surface area contributed by atoms with Crippen molar-refractivity contribution in [2.75, 3.05) is 23.3 Å². The maximum Gasteiger partial charge on any atom is 0.322 e. The van der Waals surface area contributed by atoms with Crippen LogP contribution < -0.4 is 10.2 Å². The molecule has 0 radical (unpaired) electrons. The number of anilines is 2. The van der Waals surface area contributed by atoms with E-state index in [1.807, 2.05) is 31.2 Å². The van der Waals surface area contributed by atoms with Gasteiger partial charge in [-0.15, -0.1) is 0 Å². The number of para-hydroxylation sites is 1. The highest BCUT2D eigenvalue weighted by Crippen LogP contribution is 2.23. The number of halogens is 1. The Kier molecular flexibility index (Phi) is 4.70. The van der Waals surface area contributed by atoms with Gasteiger partial charge in [0, 0.05) is 18.8 Å². The molecular weight excluding hydrogens is 321 g/mol. The van der Waals surface area contributed by atoms with Crippen molar-refractivity contribution in [1.82, 2.24) is 4.90 Å². The summed E-state index contributed by atoms with van der Waals surface area (Å²) in [4.78, 5) is 28.0. The molecule has 2 aromatic rings. The molecule has 25 heavy (non-hydrogen) atoms. The lowest BCUT2D eigenvalue weighted by atomic mass is 10.1. The monoisotopic (exact) mass is 341 g/mol. The summed E-state index contributed by atoms with van der Waals surface area (Å²) in [6.45, 7) is 4.21. The second kappa shape index (κ2) is 6.93. The Balaban J connectivity index is 1.72. The molecule has 0 saturated carbocycles. The minimum Gasteiger partial charge on any atom is -0.311 e. The van der Waals surface area contributed by atoms with Gasteiger partial charge in [0.15, 0.2) is 0 Å². The Labute approximate surface area is 146 Å². The maximum absolute atomic E-state index is 14.0. The zero-order valence-corrected chi connectivity index (χ0v) is 14.2. The van der Waals surface area contributed by atoms with E-state index in [2.05, 4.69) is 5.32 Å². The molecule has 1 unspecified atom stereocenters. The third-order valence-corrected chi connectivity index (χ3v) is 4.36. The molecule has 0 bridgehead atoms. The van der Waals surface area contributed by atoms with E-state index in [0.29, 0.717) is 12.2 Å². The summed E-state index contributed by atoms with van der Waals surface area (Å²) >= 11 is 0. The molecular formula is C19H20FN3O2. The zero-order chi connectivity index (χ0) is 18.0. The Bertz CT molecular complexity index is 792. The predicted octanol–water partition coefficient (Wildman–Crippen LogP) is 3.40. The van der Waals surface area contributed by atoms with Crippen molar-refractivity contribution in [1.29, 1.82) is 0 Å². The van der Waals surface area contributed by atoms with Crippen LogP contribution in [-0.4, -0.2) is 36.0 Å². The summed E-state index contributed by atoms with van der Waals surface area (Å²) in [6, 6.07) is 12.6. The number of nitrogens with one attached hydrogen (secondary N) is 1. The molecule has 1 heterocycles. The second-order valence-corrected chi connectivity index (χ2v) is 6.11. The van der Waals surface area contributed by atoms with E-state index in [1.54, 1.807) is 25.1 Å². The van der Waals surface area contributed by atoms with Crippen LogP contribution in [0.5, 0.6) is 0 Å². The van der Waals surface area contributed by atoms with Gasteiger partial charge < -0.3 is 15.1 Å². The van der Waals surface area contributed by atoms with Crippen molar-refractivity contribution in [2.24, 2.45) is 0 Å². The largest absolute Gasteiger partial charge is 0.322 e. The number of urea groups is 1. The van der Waals surface area contributed by atoms with Crippen molar-refractivity contribution >= 4 is 23.3 Å². The minimum atomic E-state index is -0.668. The van der Waals surface area contributed by atoms with Gasteiger partial charge in [-0.2, -0.15) is 0 Å². The number of carbonyl (C=O) groups excluding carboxylic acids is 2. The van der Waals surface area contributed by atoms with Gasteiger partial charge in [0.05, 0.1) is 5.69 Å². The molecule has 3 rings (SSSR count). The summed E-state index contributed by atoms with van der Waals surface area (Å²) in [6.07, 6.45) is 0. The summed E-state index contributed by atoms with van der Waals surface area (Å²) in [5.41, 5.74) is 2.02. The third kappa shape index (κ3) is 3.47. The molecule has 6 heteroatoms. The number of rotatable bonds is 2. The molecule has 1 N–H and O–H groups in total. The van der Waals surface area contributed by atoms with E-state index in [1.165, 1.54) is 15.9 Å². The van der Waals surface area contributed by atoms with Crippen molar-refractivity contribution in [2.45, 2.75) is 19.9 Å². The number of hydrogen-bond acceptors (Lipinski definition) is 2. The Morgan fingerprint density at radius 3 is 2.48 bits per heavy atom. The number of benzene rings is 2. The number of hydrogen-bond donors (Lipinski definition) is 1. The van der Waals surface area contributed by atoms with Crippen LogP contribution in [0, 0.1) is 12.7 Å². The van der Waals surface area contributed by atoms with Gasteiger partial charge >= 0.3 is 6.03 Å². The first kappa shape index (κ1) is 17.0. The van der Waals surface area contributed by atoms with Crippen LogP contribution in [0.3, 0.4) is 0 Å². The molecule has 1 fully saturated rings. The van der Waals surface area contributed by atoms with Crippen LogP contribution in [0.1, 0.15) is 12.5 Å². The lowest BCUT2D eigenvalue weighted by Gasteiger charge is -2.39. The van der Waals surface area contributed by atoms with Crippen LogP contribution in [0.2, 0.25) is 0 Å². The highest BCUT2D eigenvalue weighted by molar-refractivity contribution is 6.01. The summed E-state index contributed by atoms with van der Waals surface area (Å²) in [7, 11) is 0. The highest BCUT2D eigenvalue weighted by atomic mass is 19.1. The molecule has 1 saturated heterocycles. The van der Waals surface area contributed by atoms with Gasteiger partial charge in [-0.1, -0.05) is 29.8 Å². The van der Waals surface area contributed by atoms with Gasteiger partial charge in [-0.05, 0) is 38.1 Å². The topological polar surface area (TPSA) is 52.7 Å². The number of amides is 3. The van der Waals surface area contributed by atoms with E-state index in [0.717, 1.165) is 5.56 Å². The Morgan fingerprint density at radius 1 is 1.12 bits per heavy atom. The standard InChI is InChI=1S/C19H20FN3O2/c1-13-7-9-15(10-8-13)21-19(25)22-11-12-23(18(24)14(22)2)17-6-4-3-5-16(17)20/h3-10,14H,11-12H2,1-2H3,(H,21,25). The molecule has 130 valence electrons. The number of carbonyl (C=O) groups is 2. The smallest absolute Gasteiger partial charge is 0.311 e. The fraction of sp³-hybridized carbons (Fsp3) is 0.263. The molecule has 1 atom stereocenters. The molecule has 1 aliphatic rings. The van der Waals surface area contributed by atoms with Gasteiger partial charge in [-0.3, -0.25) is 4.79 Å². The van der Waals surface area contributed by atoms with E-state index in [-0.39, 0.29) is 24.2 Å². The first-order valence-corrected chi connectivity index (χ1v) is 8.17. The summed E-state index contributed by atoms with van der Waals surface area (Å²) < 4.78 is 14.0. The van der Waals surface area contributed by atoms with Gasteiger partial charge in [-0.25, -0.2) is 9.18 Å². The van der Waals surface area contributed by atoms with Crippen molar-refractivity contribution < 1.29 is 14.0 Å². The van der Waals surface area contributed by atoms with E-state index in [9.17, 15) is 14.0 Å². The molecule has 0 aliphatic carbocycles. The number of aryl methyl sites for hydroxylation is 1. The van der Waals surface area contributed by atoms with Crippen LogP contribution in [0.15, 0.2) is 48.5 Å². The summed E-state index contributed by atoms with van der Waals surface area (Å²) in [5, 5.41) is 2.80. The lowest BCUT2D eigenvalue weighted by molar-refractivity contribution is -0.123. The van der Waals surface area contributed by atoms with Gasteiger partial charge in [0.1, 0.15) is 11.9 Å². The lowest BCUT2D eigenvalue weighted by Crippen LogP contribution is -2.58. The van der Waals surface area contributed by atoms with Crippen LogP contribution in [-0.2, 0) is 4.79 Å². The fourth-order valence-electron chi connectivity index (χ4n) is 2.89. The Hall–Kier alpha value is -2.89. The van der Waals surface area contributed by atoms with E-state index >= 15 is 0 Å². The molecule has 0 aromatic heterocycles. The van der Waals surface area contributed by atoms with Crippen molar-refractivity contribution in [3.05, 3.63) is 59.9 Å². The Morgan fingerprint density at radius 2 is 1.80 bits per heavy atom. The summed E-state index contributed by atoms with van der Waals surface area (Å²) in [5.74, 6) is -0.740. The van der Waals surface area contributed by atoms with Gasteiger partial charge in [0.25, 0.3) is 0 Å². The fourth-order valence-corrected chi connectivity index (χ4v) is 2.89. The second-order valence-electron chi connectivity index (χ2n) is 6.11. The normalized spacial score (nSPS) is 17.6. The first-order chi connectivity index (χ1) is 12.0. The SMILES string of the molecule is Cc1ccc(NC(=O)N2CCN(c3ccccc3F)C(=O)C2C)cc1. The average Bonchev–Trinajstić information content (AvgIpc) is 2.60. The molecule has 3 amide bonds. The van der Waals surface area contributed by atoms with Crippen LogP contribution in [0.4, 0.5) is 20.6 Å². The maximum atomic E-state index is 14.0. The first-order valence-electron chi connectivity index (χ1n) is 8.17. The molecule has 2 aromatic carbocycles. The average molecular weight is 341 g/mol. The van der Waals surface area contributed by atoms with Crippen molar-refractivity contribution in [3.8, 4) is 0 Å². The van der Waals surface area contributed by atoms with E-state index < -0.39 is 11.9 Å². The zero-order valence-electron chi connectivity index (χ0n) is 14.2. The predicted molar refractivity (Wildman–Crippen MR) is 95.1 cm³/mol. The van der Waals surface area contributed by atoms with Crippen molar-refractivity contribution in [3.63, 3.8) is 0 Å². The van der Waals surface area contributed by atoms with Gasteiger partial charge in [0.2, 0.25) is 5.91 Å². The quantitative estimate of drug-likeness (QED) is 0.910. The number of piperazine rings is 1. The molecule has 5 nitrogen and oxygen atoms in total. The van der Waals surface area contributed by atoms with Crippen LogP contribution >= 0.6 is 0 Å². The molecule has 0 spiro atoms. The van der Waals surface area contributed by atoms with Crippen LogP contribution in [0.25, 0.3) is 0 Å². The third-order valence-electron chi connectivity index (χ3n) is 4.36. The highest BCUT2D eigenvalue weighted by Gasteiger charge is 2.35. The minimum absolute atomic E-state index is 0.248.